The highest BCUT2D eigenvalue weighted by atomic mass is 32.2. The van der Waals surface area contributed by atoms with Crippen LogP contribution in [-0.2, 0) is 10.5 Å². The lowest BCUT2D eigenvalue weighted by Gasteiger charge is -2.11. The molecule has 19 heavy (non-hydrogen) atoms. The molecule has 1 aliphatic carbocycles. The van der Waals surface area contributed by atoms with Crippen LogP contribution in [0.3, 0.4) is 0 Å². The molecule has 2 rings (SSSR count). The fourth-order valence-corrected chi connectivity index (χ4v) is 3.39. The molecule has 0 aromatic heterocycles. The zero-order valence-electron chi connectivity index (χ0n) is 11.5. The molecule has 0 spiro atoms. The maximum Gasteiger partial charge on any atom is 0.311 e. The molecule has 104 valence electrons. The molecule has 0 N–H and O–H groups in total. The number of hydrogen-bond acceptors (Lipinski definition) is 3. The van der Waals surface area contributed by atoms with E-state index in [4.69, 9.17) is 0 Å². The molecule has 1 aliphatic rings. The zero-order chi connectivity index (χ0) is 13.9. The van der Waals surface area contributed by atoms with Crippen molar-refractivity contribution < 1.29 is 8.42 Å². The summed E-state index contributed by atoms with van der Waals surface area (Å²) in [7, 11) is -2.31. The first-order valence-electron chi connectivity index (χ1n) is 6.91. The molecule has 4 heteroatoms. The van der Waals surface area contributed by atoms with E-state index in [0.29, 0.717) is 5.92 Å². The van der Waals surface area contributed by atoms with E-state index >= 15 is 0 Å². The molecule has 0 radical (unpaired) electrons. The van der Waals surface area contributed by atoms with Crippen LogP contribution >= 0.6 is 0 Å². The second-order valence-electron chi connectivity index (χ2n) is 5.87. The summed E-state index contributed by atoms with van der Waals surface area (Å²) in [6, 6.07) is 10.1. The van der Waals surface area contributed by atoms with E-state index in [1.807, 2.05) is 18.2 Å². The lowest BCUT2D eigenvalue weighted by Crippen LogP contribution is -2.08. The molecule has 3 nitrogen and oxygen atoms in total. The van der Waals surface area contributed by atoms with Gasteiger partial charge in [0.25, 0.3) is 0 Å². The summed E-state index contributed by atoms with van der Waals surface area (Å²) >= 11 is 0. The third kappa shape index (κ3) is 3.66. The first-order valence-corrected chi connectivity index (χ1v) is 7.94. The molecule has 1 fully saturated rings. The van der Waals surface area contributed by atoms with E-state index < -0.39 is 10.5 Å². The predicted octanol–water partition coefficient (Wildman–Crippen LogP) is 3.80. The maximum atomic E-state index is 11.0. The van der Waals surface area contributed by atoms with Crippen molar-refractivity contribution in [1.29, 1.82) is 0 Å². The van der Waals surface area contributed by atoms with Gasteiger partial charge in [-0.25, -0.2) is 0 Å². The van der Waals surface area contributed by atoms with E-state index in [-0.39, 0.29) is 11.5 Å². The first-order chi connectivity index (χ1) is 9.03. The summed E-state index contributed by atoms with van der Waals surface area (Å²) in [6.07, 6.45) is 3.91. The van der Waals surface area contributed by atoms with Gasteiger partial charge < -0.3 is 0 Å². The SMILES string of the molecule is CC(C)CCCC1(N=S(=O)=O)CC1c1ccccc1. The molecule has 0 heterocycles. The molecule has 0 amide bonds. The fraction of sp³-hybridized carbons (Fsp3) is 0.600. The molecule has 2 atom stereocenters. The number of nitrogens with zero attached hydrogens (tertiary/aromatic N) is 1. The Bertz CT molecular complexity index is 543. The highest BCUT2D eigenvalue weighted by molar-refractivity contribution is 7.61. The second-order valence-corrected chi connectivity index (χ2v) is 6.48. The Morgan fingerprint density at radius 3 is 2.58 bits per heavy atom. The van der Waals surface area contributed by atoms with Gasteiger partial charge in [0.15, 0.2) is 0 Å². The van der Waals surface area contributed by atoms with E-state index in [1.54, 1.807) is 0 Å². The summed E-state index contributed by atoms with van der Waals surface area (Å²) in [5, 5.41) is 0. The van der Waals surface area contributed by atoms with Gasteiger partial charge in [-0.1, -0.05) is 57.0 Å². The largest absolute Gasteiger partial charge is 0.311 e. The maximum absolute atomic E-state index is 11.0. The van der Waals surface area contributed by atoms with Crippen LogP contribution in [0.4, 0.5) is 0 Å². The van der Waals surface area contributed by atoms with E-state index in [0.717, 1.165) is 25.7 Å². The van der Waals surface area contributed by atoms with Gasteiger partial charge in [0.2, 0.25) is 0 Å². The summed E-state index contributed by atoms with van der Waals surface area (Å²) in [6.45, 7) is 4.38. The Kier molecular flexibility index (Phi) is 4.40. The lowest BCUT2D eigenvalue weighted by molar-refractivity contribution is 0.485. The van der Waals surface area contributed by atoms with Crippen LogP contribution in [0.5, 0.6) is 0 Å². The molecule has 1 aromatic rings. The molecule has 0 saturated heterocycles. The molecular formula is C15H21NO2S. The van der Waals surface area contributed by atoms with Crippen LogP contribution in [-0.4, -0.2) is 14.0 Å². The predicted molar refractivity (Wildman–Crippen MR) is 76.6 cm³/mol. The quantitative estimate of drug-likeness (QED) is 0.795. The topological polar surface area (TPSA) is 46.5 Å². The smallest absolute Gasteiger partial charge is 0.164 e. The van der Waals surface area contributed by atoms with Crippen molar-refractivity contribution in [3.05, 3.63) is 35.9 Å². The van der Waals surface area contributed by atoms with Gasteiger partial charge in [-0.3, -0.25) is 0 Å². The molecule has 1 saturated carbocycles. The van der Waals surface area contributed by atoms with Crippen LogP contribution in [0.25, 0.3) is 0 Å². The monoisotopic (exact) mass is 279 g/mol. The van der Waals surface area contributed by atoms with Crippen molar-refractivity contribution >= 4 is 10.5 Å². The van der Waals surface area contributed by atoms with E-state index in [1.165, 1.54) is 5.56 Å². The molecule has 1 aromatic carbocycles. The average Bonchev–Trinajstić information content (AvgIpc) is 3.03. The van der Waals surface area contributed by atoms with Crippen LogP contribution in [0, 0.1) is 5.92 Å². The van der Waals surface area contributed by atoms with Crippen LogP contribution in [0.15, 0.2) is 34.7 Å². The Morgan fingerprint density at radius 2 is 2.00 bits per heavy atom. The second kappa shape index (κ2) is 5.87. The zero-order valence-corrected chi connectivity index (χ0v) is 12.4. The summed E-state index contributed by atoms with van der Waals surface area (Å²) < 4.78 is 25.9. The van der Waals surface area contributed by atoms with Gasteiger partial charge in [-0.15, -0.1) is 0 Å². The Balaban J connectivity index is 2.10. The Hall–Kier alpha value is -1.16. The van der Waals surface area contributed by atoms with E-state index in [2.05, 4.69) is 30.3 Å². The van der Waals surface area contributed by atoms with Crippen molar-refractivity contribution in [3.8, 4) is 0 Å². The van der Waals surface area contributed by atoms with Crippen molar-refractivity contribution in [2.24, 2.45) is 10.3 Å². The van der Waals surface area contributed by atoms with Crippen molar-refractivity contribution in [1.82, 2.24) is 0 Å². The van der Waals surface area contributed by atoms with Crippen molar-refractivity contribution in [2.45, 2.75) is 51.0 Å². The van der Waals surface area contributed by atoms with Crippen LogP contribution < -0.4 is 0 Å². The lowest BCUT2D eigenvalue weighted by atomic mass is 9.99. The molecule has 2 unspecified atom stereocenters. The first kappa shape index (κ1) is 14.3. The van der Waals surface area contributed by atoms with Crippen molar-refractivity contribution in [2.75, 3.05) is 0 Å². The number of rotatable bonds is 6. The highest BCUT2D eigenvalue weighted by Crippen LogP contribution is 2.57. The van der Waals surface area contributed by atoms with Gasteiger partial charge in [0.1, 0.15) is 0 Å². The van der Waals surface area contributed by atoms with Crippen LogP contribution in [0.1, 0.15) is 51.0 Å². The third-order valence-electron chi connectivity index (χ3n) is 3.90. The normalized spacial score (nSPS) is 25.3. The van der Waals surface area contributed by atoms with Crippen LogP contribution in [0.2, 0.25) is 0 Å². The van der Waals surface area contributed by atoms with E-state index in [9.17, 15) is 8.42 Å². The minimum Gasteiger partial charge on any atom is -0.164 e. The minimum absolute atomic E-state index is 0.277. The minimum atomic E-state index is -2.31. The Morgan fingerprint density at radius 1 is 1.32 bits per heavy atom. The number of hydrogen-bond donors (Lipinski definition) is 0. The average molecular weight is 279 g/mol. The summed E-state index contributed by atoms with van der Waals surface area (Å²) in [5.74, 6) is 0.933. The van der Waals surface area contributed by atoms with Gasteiger partial charge in [-0.2, -0.15) is 12.8 Å². The number of benzene rings is 1. The van der Waals surface area contributed by atoms with Crippen molar-refractivity contribution in [3.63, 3.8) is 0 Å². The third-order valence-corrected chi connectivity index (χ3v) is 4.41. The van der Waals surface area contributed by atoms with Gasteiger partial charge in [0.05, 0.1) is 5.54 Å². The summed E-state index contributed by atoms with van der Waals surface area (Å²) in [4.78, 5) is 0. The standard InChI is InChI=1S/C15H21NO2S/c1-12(2)7-6-10-15(16-19(17)18)11-14(15)13-8-4-3-5-9-13/h3-5,8-9,12,14H,6-7,10-11H2,1-2H3. The Labute approximate surface area is 116 Å². The summed E-state index contributed by atoms with van der Waals surface area (Å²) in [5.41, 5.74) is 0.851. The van der Waals surface area contributed by atoms with Gasteiger partial charge in [-0.05, 0) is 24.3 Å². The molecular weight excluding hydrogens is 258 g/mol. The van der Waals surface area contributed by atoms with Gasteiger partial charge >= 0.3 is 10.5 Å². The van der Waals surface area contributed by atoms with Gasteiger partial charge in [0, 0.05) is 5.92 Å². The molecule has 0 bridgehead atoms. The highest BCUT2D eigenvalue weighted by Gasteiger charge is 2.55. The molecule has 0 aliphatic heterocycles. The fourth-order valence-electron chi connectivity index (χ4n) is 2.80.